The van der Waals surface area contributed by atoms with E-state index in [1.54, 1.807) is 13.8 Å². The molecule has 0 aromatic rings. The molecule has 3 amide bonds. The third-order valence-corrected chi connectivity index (χ3v) is 2.34. The molecule has 102 valence electrons. The molecule has 0 saturated heterocycles. The molecule has 2 unspecified atom stereocenters. The van der Waals surface area contributed by atoms with Crippen LogP contribution in [-0.4, -0.2) is 29.8 Å². The maximum absolute atomic E-state index is 11.6. The number of amides is 3. The number of carbonyl (C=O) groups excluding carboxylic acids is 3. The molecule has 6 N–H and O–H groups in total. The van der Waals surface area contributed by atoms with Crippen molar-refractivity contribution >= 4 is 17.7 Å². The number of hydrogen-bond donors (Lipinski definition) is 4. The Labute approximate surface area is 106 Å². The Morgan fingerprint density at radius 3 is 2.00 bits per heavy atom. The van der Waals surface area contributed by atoms with Crippen LogP contribution in [0.25, 0.3) is 0 Å². The molecule has 0 aliphatic carbocycles. The van der Waals surface area contributed by atoms with Gasteiger partial charge in [-0.1, -0.05) is 20.4 Å². The van der Waals surface area contributed by atoms with Gasteiger partial charge in [0.1, 0.15) is 6.04 Å². The van der Waals surface area contributed by atoms with Crippen LogP contribution in [-0.2, 0) is 14.4 Å². The van der Waals surface area contributed by atoms with Crippen molar-refractivity contribution in [2.75, 3.05) is 0 Å². The molecule has 0 aromatic heterocycles. The molecule has 18 heavy (non-hydrogen) atoms. The van der Waals surface area contributed by atoms with Gasteiger partial charge in [0.15, 0.2) is 0 Å². The standard InChI is InChI=1S/C11H20N4O3/c1-5(2)8(12)11(18)15-7(4)10(17)14-6(3)9(13)16/h5,7-8H,3,12H2,1-2,4H3,(H2,13,16)(H,14,17)(H,15,18). The maximum atomic E-state index is 11.6. The Morgan fingerprint density at radius 2 is 1.61 bits per heavy atom. The van der Waals surface area contributed by atoms with E-state index in [0.29, 0.717) is 0 Å². The molecule has 0 aliphatic heterocycles. The van der Waals surface area contributed by atoms with Crippen molar-refractivity contribution in [1.82, 2.24) is 10.6 Å². The zero-order valence-electron chi connectivity index (χ0n) is 10.8. The summed E-state index contributed by atoms with van der Waals surface area (Å²) in [5, 5.41) is 4.62. The zero-order chi connectivity index (χ0) is 14.5. The fourth-order valence-electron chi connectivity index (χ4n) is 0.996. The van der Waals surface area contributed by atoms with Crippen LogP contribution < -0.4 is 22.1 Å². The molecule has 0 aromatic carbocycles. The number of nitrogens with two attached hydrogens (primary N) is 2. The fraction of sp³-hybridized carbons (Fsp3) is 0.545. The molecule has 0 fully saturated rings. The monoisotopic (exact) mass is 256 g/mol. The van der Waals surface area contributed by atoms with Gasteiger partial charge in [0, 0.05) is 0 Å². The topological polar surface area (TPSA) is 127 Å². The molecule has 0 aliphatic rings. The third kappa shape index (κ3) is 4.96. The van der Waals surface area contributed by atoms with Gasteiger partial charge >= 0.3 is 0 Å². The van der Waals surface area contributed by atoms with E-state index in [0.717, 1.165) is 0 Å². The van der Waals surface area contributed by atoms with Gasteiger partial charge in [-0.25, -0.2) is 0 Å². The molecule has 0 heterocycles. The van der Waals surface area contributed by atoms with Gasteiger partial charge in [-0.05, 0) is 12.8 Å². The lowest BCUT2D eigenvalue weighted by Crippen LogP contribution is -2.52. The van der Waals surface area contributed by atoms with Crippen molar-refractivity contribution < 1.29 is 14.4 Å². The first-order valence-electron chi connectivity index (χ1n) is 5.52. The molecule has 0 rings (SSSR count). The van der Waals surface area contributed by atoms with Crippen molar-refractivity contribution in [3.8, 4) is 0 Å². The van der Waals surface area contributed by atoms with Crippen molar-refractivity contribution in [2.24, 2.45) is 17.4 Å². The van der Waals surface area contributed by atoms with Crippen LogP contribution in [0.5, 0.6) is 0 Å². The number of rotatable bonds is 6. The summed E-state index contributed by atoms with van der Waals surface area (Å²) in [5.41, 5.74) is 10.3. The second-order valence-corrected chi connectivity index (χ2v) is 4.33. The van der Waals surface area contributed by atoms with E-state index in [-0.39, 0.29) is 11.6 Å². The predicted octanol–water partition coefficient (Wildman–Crippen LogP) is -1.41. The average molecular weight is 256 g/mol. The lowest BCUT2D eigenvalue weighted by atomic mass is 10.0. The minimum absolute atomic E-state index is 0.0409. The van der Waals surface area contributed by atoms with E-state index in [2.05, 4.69) is 17.2 Å². The third-order valence-electron chi connectivity index (χ3n) is 2.34. The quantitative estimate of drug-likeness (QED) is 0.435. The molecule has 0 spiro atoms. The molecular formula is C11H20N4O3. The van der Waals surface area contributed by atoms with Crippen LogP contribution in [0.2, 0.25) is 0 Å². The number of primary amides is 1. The van der Waals surface area contributed by atoms with Crippen molar-refractivity contribution in [1.29, 1.82) is 0 Å². The highest BCUT2D eigenvalue weighted by molar-refractivity contribution is 5.98. The lowest BCUT2D eigenvalue weighted by Gasteiger charge is -2.19. The van der Waals surface area contributed by atoms with Crippen LogP contribution in [0.4, 0.5) is 0 Å². The van der Waals surface area contributed by atoms with E-state index in [1.807, 2.05) is 0 Å². The predicted molar refractivity (Wildman–Crippen MR) is 66.9 cm³/mol. The highest BCUT2D eigenvalue weighted by Gasteiger charge is 2.22. The second kappa shape index (κ2) is 6.75. The Bertz CT molecular complexity index is 365. The highest BCUT2D eigenvalue weighted by atomic mass is 16.2. The molecule has 0 saturated carbocycles. The van der Waals surface area contributed by atoms with Gasteiger partial charge < -0.3 is 22.1 Å². The minimum Gasteiger partial charge on any atom is -0.364 e. The largest absolute Gasteiger partial charge is 0.364 e. The minimum atomic E-state index is -0.835. The number of hydrogen-bond acceptors (Lipinski definition) is 4. The van der Waals surface area contributed by atoms with Crippen molar-refractivity contribution in [3.63, 3.8) is 0 Å². The summed E-state index contributed by atoms with van der Waals surface area (Å²) in [6.07, 6.45) is 0. The number of carbonyl (C=O) groups is 3. The first-order chi connectivity index (χ1) is 8.16. The van der Waals surface area contributed by atoms with E-state index in [4.69, 9.17) is 11.5 Å². The summed E-state index contributed by atoms with van der Waals surface area (Å²) >= 11 is 0. The van der Waals surface area contributed by atoms with Crippen LogP contribution in [0.3, 0.4) is 0 Å². The Morgan fingerprint density at radius 1 is 1.11 bits per heavy atom. The molecule has 2 atom stereocenters. The smallest absolute Gasteiger partial charge is 0.264 e. The highest BCUT2D eigenvalue weighted by Crippen LogP contribution is 1.98. The van der Waals surface area contributed by atoms with Crippen LogP contribution in [0.15, 0.2) is 12.3 Å². The molecule has 0 radical (unpaired) electrons. The summed E-state index contributed by atoms with van der Waals surface area (Å²) in [7, 11) is 0. The van der Waals surface area contributed by atoms with Crippen LogP contribution in [0, 0.1) is 5.92 Å². The van der Waals surface area contributed by atoms with Crippen molar-refractivity contribution in [3.05, 3.63) is 12.3 Å². The van der Waals surface area contributed by atoms with Gasteiger partial charge in [0.2, 0.25) is 11.8 Å². The normalized spacial score (nSPS) is 13.6. The van der Waals surface area contributed by atoms with Gasteiger partial charge in [-0.3, -0.25) is 14.4 Å². The van der Waals surface area contributed by atoms with Gasteiger partial charge in [-0.2, -0.15) is 0 Å². The van der Waals surface area contributed by atoms with Crippen LogP contribution >= 0.6 is 0 Å². The average Bonchev–Trinajstić information content (AvgIpc) is 2.26. The summed E-state index contributed by atoms with van der Waals surface area (Å²) in [6, 6.07) is -1.53. The van der Waals surface area contributed by atoms with E-state index in [1.165, 1.54) is 6.92 Å². The lowest BCUT2D eigenvalue weighted by molar-refractivity contribution is -0.129. The second-order valence-electron chi connectivity index (χ2n) is 4.33. The summed E-state index contributed by atoms with van der Waals surface area (Å²) < 4.78 is 0. The first-order valence-corrected chi connectivity index (χ1v) is 5.52. The Balaban J connectivity index is 4.37. The SMILES string of the molecule is C=C(NC(=O)C(C)NC(=O)C(N)C(C)C)C(N)=O. The summed E-state index contributed by atoms with van der Waals surface area (Å²) in [6.45, 7) is 8.33. The Kier molecular flexibility index (Phi) is 6.04. The van der Waals surface area contributed by atoms with Gasteiger partial charge in [-0.15, -0.1) is 0 Å². The van der Waals surface area contributed by atoms with E-state index >= 15 is 0 Å². The van der Waals surface area contributed by atoms with Gasteiger partial charge in [0.05, 0.1) is 11.7 Å². The molecule has 7 heteroatoms. The van der Waals surface area contributed by atoms with Crippen molar-refractivity contribution in [2.45, 2.75) is 32.9 Å². The first kappa shape index (κ1) is 16.1. The fourth-order valence-corrected chi connectivity index (χ4v) is 0.996. The molecule has 0 bridgehead atoms. The zero-order valence-corrected chi connectivity index (χ0v) is 10.8. The van der Waals surface area contributed by atoms with Gasteiger partial charge in [0.25, 0.3) is 5.91 Å². The summed E-state index contributed by atoms with van der Waals surface area (Å²) in [5.74, 6) is -1.89. The summed E-state index contributed by atoms with van der Waals surface area (Å²) in [4.78, 5) is 33.8. The molecule has 7 nitrogen and oxygen atoms in total. The van der Waals surface area contributed by atoms with E-state index in [9.17, 15) is 14.4 Å². The van der Waals surface area contributed by atoms with Crippen LogP contribution in [0.1, 0.15) is 20.8 Å². The number of nitrogens with one attached hydrogen (secondary N) is 2. The van der Waals surface area contributed by atoms with E-state index < -0.39 is 29.8 Å². The molecular weight excluding hydrogens is 236 g/mol. The maximum Gasteiger partial charge on any atom is 0.264 e. The Hall–Kier alpha value is -1.89.